The average molecular weight is 358 g/mol. The molecule has 2 aromatic rings. The maximum atomic E-state index is 11.9. The van der Waals surface area contributed by atoms with E-state index in [4.69, 9.17) is 9.15 Å². The average Bonchev–Trinajstić information content (AvgIpc) is 3.07. The fourth-order valence-electron chi connectivity index (χ4n) is 2.01. The molecule has 2 heterocycles. The maximum absolute atomic E-state index is 11.9. The van der Waals surface area contributed by atoms with Crippen molar-refractivity contribution in [1.29, 1.82) is 0 Å². The van der Waals surface area contributed by atoms with E-state index in [1.54, 1.807) is 18.2 Å². The van der Waals surface area contributed by atoms with Crippen LogP contribution in [-0.4, -0.2) is 11.9 Å². The number of benzene rings is 1. The molecule has 1 aliphatic rings. The smallest absolute Gasteiger partial charge is 0.363 e. The van der Waals surface area contributed by atoms with Crippen LogP contribution < -0.4 is 0 Å². The van der Waals surface area contributed by atoms with Crippen LogP contribution in [0.2, 0.25) is 0 Å². The van der Waals surface area contributed by atoms with Gasteiger partial charge in [0.1, 0.15) is 0 Å². The van der Waals surface area contributed by atoms with Crippen LogP contribution in [0, 0.1) is 0 Å². The number of esters is 1. The zero-order chi connectivity index (χ0) is 15.5. The van der Waals surface area contributed by atoms with Crippen molar-refractivity contribution >= 4 is 33.9 Å². The molecule has 4 nitrogen and oxygen atoms in total. The number of nitrogens with zero attached hydrogens (tertiary/aromatic N) is 1. The van der Waals surface area contributed by atoms with Crippen molar-refractivity contribution in [3.63, 3.8) is 0 Å². The lowest BCUT2D eigenvalue weighted by Gasteiger charge is -1.95. The summed E-state index contributed by atoms with van der Waals surface area (Å²) in [7, 11) is 0. The Morgan fingerprint density at radius 3 is 2.64 bits per heavy atom. The molecule has 0 atom stereocenters. The van der Waals surface area contributed by atoms with E-state index in [9.17, 15) is 4.79 Å². The first-order valence-electron chi connectivity index (χ1n) is 6.63. The fourth-order valence-corrected chi connectivity index (χ4v) is 2.32. The second-order valence-corrected chi connectivity index (χ2v) is 5.52. The van der Waals surface area contributed by atoms with E-state index >= 15 is 0 Å². The van der Waals surface area contributed by atoms with Gasteiger partial charge < -0.3 is 9.15 Å². The quantitative estimate of drug-likeness (QED) is 0.606. The largest absolute Gasteiger partial charge is 0.444 e. The minimum atomic E-state index is -0.483. The van der Waals surface area contributed by atoms with Crippen LogP contribution in [0.4, 0.5) is 0 Å². The molecular formula is C17H12BrNO3. The zero-order valence-electron chi connectivity index (χ0n) is 11.7. The summed E-state index contributed by atoms with van der Waals surface area (Å²) in [4.78, 5) is 16.1. The molecule has 0 fully saturated rings. The van der Waals surface area contributed by atoms with Gasteiger partial charge in [-0.25, -0.2) is 9.79 Å². The maximum Gasteiger partial charge on any atom is 0.363 e. The molecule has 22 heavy (non-hydrogen) atoms. The lowest BCUT2D eigenvalue weighted by molar-refractivity contribution is -0.130. The molecule has 110 valence electrons. The van der Waals surface area contributed by atoms with Crippen molar-refractivity contribution in [2.45, 2.75) is 6.92 Å². The van der Waals surface area contributed by atoms with Gasteiger partial charge in [0.05, 0.1) is 0 Å². The molecular weight excluding hydrogens is 346 g/mol. The number of furan rings is 1. The third-order valence-electron chi connectivity index (χ3n) is 2.96. The van der Waals surface area contributed by atoms with Crippen molar-refractivity contribution < 1.29 is 13.9 Å². The van der Waals surface area contributed by atoms with E-state index in [-0.39, 0.29) is 11.6 Å². The Morgan fingerprint density at radius 1 is 1.18 bits per heavy atom. The second-order valence-electron chi connectivity index (χ2n) is 4.74. The van der Waals surface area contributed by atoms with Gasteiger partial charge in [0, 0.05) is 0 Å². The summed E-state index contributed by atoms with van der Waals surface area (Å²) in [5, 5.41) is 0. The number of hydrogen-bond donors (Lipinski definition) is 0. The summed E-state index contributed by atoms with van der Waals surface area (Å²) in [5.41, 5.74) is 2.22. The number of ether oxygens (including phenoxy) is 1. The highest BCUT2D eigenvalue weighted by molar-refractivity contribution is 9.10. The van der Waals surface area contributed by atoms with Gasteiger partial charge in [-0.2, -0.15) is 0 Å². The van der Waals surface area contributed by atoms with Gasteiger partial charge in [0.2, 0.25) is 0 Å². The van der Waals surface area contributed by atoms with Gasteiger partial charge in [-0.05, 0) is 52.2 Å². The van der Waals surface area contributed by atoms with Crippen LogP contribution in [0.1, 0.15) is 18.2 Å². The predicted octanol–water partition coefficient (Wildman–Crippen LogP) is 4.33. The molecule has 0 saturated carbocycles. The minimum absolute atomic E-state index is 0.175. The fraction of sp³-hybridized carbons (Fsp3) is 0.0588. The number of halogens is 1. The van der Waals surface area contributed by atoms with E-state index in [2.05, 4.69) is 20.9 Å². The number of allylic oxidation sites excluding steroid dienone is 2. The summed E-state index contributed by atoms with van der Waals surface area (Å²) in [6.45, 7) is 1.91. The van der Waals surface area contributed by atoms with Crippen LogP contribution >= 0.6 is 15.9 Å². The van der Waals surface area contributed by atoms with Crippen molar-refractivity contribution in [2.24, 2.45) is 4.99 Å². The van der Waals surface area contributed by atoms with Crippen molar-refractivity contribution in [2.75, 3.05) is 0 Å². The van der Waals surface area contributed by atoms with Crippen molar-refractivity contribution in [3.8, 4) is 0 Å². The normalized spacial score (nSPS) is 16.8. The summed E-state index contributed by atoms with van der Waals surface area (Å²) >= 11 is 3.20. The third kappa shape index (κ3) is 3.26. The lowest BCUT2D eigenvalue weighted by atomic mass is 10.1. The van der Waals surface area contributed by atoms with Crippen LogP contribution in [0.3, 0.4) is 0 Å². The summed E-state index contributed by atoms with van der Waals surface area (Å²) < 4.78 is 11.0. The molecule has 0 saturated heterocycles. The summed E-state index contributed by atoms with van der Waals surface area (Å²) in [5.74, 6) is 0.103. The lowest BCUT2D eigenvalue weighted by Crippen LogP contribution is -2.04. The topological polar surface area (TPSA) is 51.8 Å². The molecule has 1 aromatic carbocycles. The molecule has 0 spiro atoms. The number of carbonyl (C=O) groups excluding carboxylic acids is 1. The molecule has 3 rings (SSSR count). The molecule has 0 aliphatic carbocycles. The molecule has 0 N–H and O–H groups in total. The number of carbonyl (C=O) groups is 1. The summed E-state index contributed by atoms with van der Waals surface area (Å²) in [6, 6.07) is 13.3. The monoisotopic (exact) mass is 357 g/mol. The van der Waals surface area contributed by atoms with Crippen LogP contribution in [0.5, 0.6) is 0 Å². The van der Waals surface area contributed by atoms with Gasteiger partial charge >= 0.3 is 5.97 Å². The number of rotatable bonds is 3. The second kappa shape index (κ2) is 6.15. The van der Waals surface area contributed by atoms with E-state index in [1.807, 2.05) is 43.3 Å². The van der Waals surface area contributed by atoms with E-state index in [0.717, 1.165) is 11.1 Å². The Hall–Kier alpha value is -2.40. The first-order chi connectivity index (χ1) is 10.6. The highest BCUT2D eigenvalue weighted by Gasteiger charge is 2.26. The molecule has 1 aromatic heterocycles. The van der Waals surface area contributed by atoms with Gasteiger partial charge in [0.25, 0.3) is 5.90 Å². The Balaban J connectivity index is 1.86. The number of cyclic esters (lactones) is 1. The highest BCUT2D eigenvalue weighted by Crippen LogP contribution is 2.22. The minimum Gasteiger partial charge on any atom is -0.444 e. The molecule has 0 radical (unpaired) electrons. The van der Waals surface area contributed by atoms with Crippen LogP contribution in [-0.2, 0) is 9.53 Å². The predicted molar refractivity (Wildman–Crippen MR) is 87.2 cm³/mol. The third-order valence-corrected chi connectivity index (χ3v) is 3.39. The highest BCUT2D eigenvalue weighted by atomic mass is 79.9. The van der Waals surface area contributed by atoms with Gasteiger partial charge in [-0.3, -0.25) is 0 Å². The van der Waals surface area contributed by atoms with Gasteiger partial charge in [0.15, 0.2) is 16.1 Å². The van der Waals surface area contributed by atoms with Gasteiger partial charge in [-0.15, -0.1) is 0 Å². The molecule has 5 heteroatoms. The van der Waals surface area contributed by atoms with Crippen LogP contribution in [0.25, 0.3) is 6.08 Å². The van der Waals surface area contributed by atoms with E-state index in [1.165, 1.54) is 0 Å². The standard InChI is InChI=1S/C17H12BrNO3/c1-11(9-12-5-3-2-4-6-12)10-13-17(20)22-16(19-13)14-7-8-15(18)21-14/h2-10H,1H3. The van der Waals surface area contributed by atoms with E-state index < -0.39 is 5.97 Å². The first-order valence-corrected chi connectivity index (χ1v) is 7.43. The Morgan fingerprint density at radius 2 is 1.95 bits per heavy atom. The molecule has 0 amide bonds. The van der Waals surface area contributed by atoms with Crippen molar-refractivity contribution in [1.82, 2.24) is 0 Å². The Bertz CT molecular complexity index is 800. The SMILES string of the molecule is CC(=Cc1ccccc1)C=C1N=C(c2ccc(Br)o2)OC1=O. The van der Waals surface area contributed by atoms with Crippen molar-refractivity contribution in [3.05, 3.63) is 75.8 Å². The first kappa shape index (κ1) is 14.5. The zero-order valence-corrected chi connectivity index (χ0v) is 13.3. The Kier molecular flexibility index (Phi) is 4.06. The van der Waals surface area contributed by atoms with Gasteiger partial charge in [-0.1, -0.05) is 36.4 Å². The molecule has 0 bridgehead atoms. The summed E-state index contributed by atoms with van der Waals surface area (Å²) in [6.07, 6.45) is 3.66. The number of aliphatic imine (C=N–C) groups is 1. The molecule has 1 aliphatic heterocycles. The Labute approximate surface area is 135 Å². The number of hydrogen-bond acceptors (Lipinski definition) is 4. The van der Waals surface area contributed by atoms with E-state index in [0.29, 0.717) is 10.4 Å². The van der Waals surface area contributed by atoms with Crippen LogP contribution in [0.15, 0.2) is 73.9 Å². The molecule has 0 unspecified atom stereocenters.